The molecule has 0 atom stereocenters. The number of pyridine rings is 2. The minimum absolute atomic E-state index is 0. The van der Waals surface area contributed by atoms with Crippen molar-refractivity contribution in [1.29, 1.82) is 0 Å². The van der Waals surface area contributed by atoms with Crippen molar-refractivity contribution < 1.29 is 26.2 Å². The summed E-state index contributed by atoms with van der Waals surface area (Å²) in [6, 6.07) is 27.4. The van der Waals surface area contributed by atoms with E-state index in [1.54, 1.807) is 0 Å². The van der Waals surface area contributed by atoms with Crippen molar-refractivity contribution in [1.82, 2.24) is 14.4 Å². The third-order valence-electron chi connectivity index (χ3n) is 8.85. The predicted molar refractivity (Wildman–Crippen MR) is 184 cm³/mol. The van der Waals surface area contributed by atoms with Crippen LogP contribution in [0.5, 0.6) is 5.75 Å². The van der Waals surface area contributed by atoms with Gasteiger partial charge in [0.2, 0.25) is 0 Å². The Labute approximate surface area is 280 Å². The Bertz CT molecular complexity index is 2210. The molecular formula is C40H40N3OPt-. The molecular weight excluding hydrogens is 734 g/mol. The molecule has 0 unspecified atom stereocenters. The van der Waals surface area contributed by atoms with E-state index in [4.69, 9.17) is 9.97 Å². The van der Waals surface area contributed by atoms with Gasteiger partial charge in [-0.2, -0.15) is 0 Å². The summed E-state index contributed by atoms with van der Waals surface area (Å²) in [5.41, 5.74) is 9.52. The van der Waals surface area contributed by atoms with Crippen LogP contribution in [0.25, 0.3) is 60.7 Å². The normalized spacial score (nSPS) is 12.6. The first kappa shape index (κ1) is 31.2. The SMILES string of the molecule is CC(C)Cc1cc(-c2[c-]c3c(cc2)c2cccc4c5cccnc5n3c24)nc(-c2cc(C(C)(C)C)cc(C(C)(C)C)c2O)c1.[Pt]. The van der Waals surface area contributed by atoms with Gasteiger partial charge in [0.25, 0.3) is 0 Å². The number of nitrogens with zero attached hydrogens (tertiary/aromatic N) is 3. The summed E-state index contributed by atoms with van der Waals surface area (Å²) in [5.74, 6) is 0.785. The topological polar surface area (TPSA) is 50.4 Å². The second-order valence-corrected chi connectivity index (χ2v) is 14.8. The van der Waals surface area contributed by atoms with Gasteiger partial charge in [0.05, 0.1) is 11.2 Å². The zero-order valence-electron chi connectivity index (χ0n) is 27.3. The molecule has 0 aliphatic rings. The first-order chi connectivity index (χ1) is 20.8. The third kappa shape index (κ3) is 5.22. The number of phenolic OH excluding ortho intramolecular Hbond substituents is 1. The fourth-order valence-electron chi connectivity index (χ4n) is 6.64. The van der Waals surface area contributed by atoms with Crippen molar-refractivity contribution in [3.63, 3.8) is 0 Å². The second kappa shape index (κ2) is 10.9. The van der Waals surface area contributed by atoms with E-state index in [0.29, 0.717) is 11.7 Å². The molecule has 1 N–H and O–H groups in total. The van der Waals surface area contributed by atoms with E-state index < -0.39 is 0 Å². The number of aromatic hydroxyl groups is 1. The maximum absolute atomic E-state index is 11.7. The van der Waals surface area contributed by atoms with Crippen LogP contribution in [0.1, 0.15) is 72.1 Å². The monoisotopic (exact) mass is 773 g/mol. The molecule has 4 heterocycles. The summed E-state index contributed by atoms with van der Waals surface area (Å²) < 4.78 is 2.26. The smallest absolute Gasteiger partial charge is 0.144 e. The summed E-state index contributed by atoms with van der Waals surface area (Å²) in [5, 5.41) is 16.5. The maximum atomic E-state index is 11.7. The quantitative estimate of drug-likeness (QED) is 0.181. The molecule has 5 heteroatoms. The van der Waals surface area contributed by atoms with Gasteiger partial charge in [-0.1, -0.05) is 96.7 Å². The number of fused-ring (bicyclic) bond motifs is 6. The molecule has 0 saturated heterocycles. The molecule has 0 saturated carbocycles. The van der Waals surface area contributed by atoms with Crippen LogP contribution in [0.2, 0.25) is 0 Å². The zero-order chi connectivity index (χ0) is 31.1. The number of hydrogen-bond donors (Lipinski definition) is 1. The van der Waals surface area contributed by atoms with Crippen LogP contribution >= 0.6 is 0 Å². The van der Waals surface area contributed by atoms with Gasteiger partial charge in [-0.05, 0) is 69.6 Å². The molecule has 7 aromatic rings. The molecule has 0 radical (unpaired) electrons. The summed E-state index contributed by atoms with van der Waals surface area (Å²) in [7, 11) is 0. The largest absolute Gasteiger partial charge is 0.507 e. The van der Waals surface area contributed by atoms with Crippen molar-refractivity contribution >= 4 is 38.2 Å². The van der Waals surface area contributed by atoms with Gasteiger partial charge in [-0.25, -0.2) is 4.98 Å². The molecule has 0 amide bonds. The van der Waals surface area contributed by atoms with Crippen LogP contribution < -0.4 is 0 Å². The zero-order valence-corrected chi connectivity index (χ0v) is 29.6. The van der Waals surface area contributed by atoms with Crippen molar-refractivity contribution in [2.45, 2.75) is 72.6 Å². The molecule has 0 aliphatic carbocycles. The van der Waals surface area contributed by atoms with E-state index >= 15 is 0 Å². The van der Waals surface area contributed by atoms with Crippen molar-refractivity contribution in [2.75, 3.05) is 0 Å². The van der Waals surface area contributed by atoms with Gasteiger partial charge >= 0.3 is 0 Å². The van der Waals surface area contributed by atoms with Gasteiger partial charge in [0.1, 0.15) is 11.4 Å². The fraction of sp³-hybridized carbons (Fsp3) is 0.300. The first-order valence-corrected chi connectivity index (χ1v) is 15.7. The number of phenols is 1. The molecule has 0 spiro atoms. The summed E-state index contributed by atoms with van der Waals surface area (Å²) in [6.45, 7) is 17.6. The molecule has 45 heavy (non-hydrogen) atoms. The Morgan fingerprint density at radius 2 is 1.49 bits per heavy atom. The number of rotatable bonds is 4. The van der Waals surface area contributed by atoms with E-state index in [-0.39, 0.29) is 31.9 Å². The average Bonchev–Trinajstić information content (AvgIpc) is 3.47. The third-order valence-corrected chi connectivity index (χ3v) is 8.85. The Hall–Kier alpha value is -3.75. The molecule has 4 nitrogen and oxygen atoms in total. The summed E-state index contributed by atoms with van der Waals surface area (Å²) in [6.07, 6.45) is 2.77. The van der Waals surface area contributed by atoms with Crippen molar-refractivity contribution in [3.05, 3.63) is 95.7 Å². The Balaban J connectivity index is 0.00000357. The molecule has 0 aliphatic heterocycles. The van der Waals surface area contributed by atoms with E-state index in [1.165, 1.54) is 27.4 Å². The van der Waals surface area contributed by atoms with Gasteiger partial charge in [-0.3, -0.25) is 4.98 Å². The molecule has 4 aromatic heterocycles. The fourth-order valence-corrected chi connectivity index (χ4v) is 6.64. The number of hydrogen-bond acceptors (Lipinski definition) is 3. The molecule has 0 fully saturated rings. The summed E-state index contributed by atoms with van der Waals surface area (Å²) >= 11 is 0. The molecule has 7 rings (SSSR count). The Kier molecular flexibility index (Phi) is 7.60. The minimum Gasteiger partial charge on any atom is -0.507 e. The average molecular weight is 774 g/mol. The molecule has 3 aromatic carbocycles. The van der Waals surface area contributed by atoms with E-state index in [9.17, 15) is 5.11 Å². The minimum atomic E-state index is -0.222. The maximum Gasteiger partial charge on any atom is 0.144 e. The standard InChI is InChI=1S/C40H40N3O.Pt/c1-23(2)17-24-18-33(42-34(19-24)31-21-26(39(3,4)5)22-32(37(31)44)40(6,7)8)25-14-15-27-28-11-9-12-29-30-13-10-16-41-38(30)43(36(28)29)35(27)20-25;/h9-16,18-19,21-23,44H,17H2,1-8H3;/q-1;. The van der Waals surface area contributed by atoms with Gasteiger partial charge in [-0.15, -0.1) is 23.8 Å². The number of benzene rings is 3. The van der Waals surface area contributed by atoms with E-state index in [1.807, 2.05) is 12.3 Å². The van der Waals surface area contributed by atoms with Gasteiger partial charge < -0.3 is 9.51 Å². The molecule has 0 bridgehead atoms. The van der Waals surface area contributed by atoms with Crippen LogP contribution in [0.4, 0.5) is 0 Å². The van der Waals surface area contributed by atoms with Crippen LogP contribution in [-0.2, 0) is 38.3 Å². The summed E-state index contributed by atoms with van der Waals surface area (Å²) in [4.78, 5) is 10.0. The van der Waals surface area contributed by atoms with Crippen LogP contribution in [0, 0.1) is 12.0 Å². The van der Waals surface area contributed by atoms with E-state index in [0.717, 1.165) is 56.4 Å². The second-order valence-electron chi connectivity index (χ2n) is 14.8. The first-order valence-electron chi connectivity index (χ1n) is 15.7. The van der Waals surface area contributed by atoms with Gasteiger partial charge in [0, 0.05) is 49.2 Å². The Morgan fingerprint density at radius 3 is 2.18 bits per heavy atom. The number of para-hydroxylation sites is 1. The van der Waals surface area contributed by atoms with E-state index in [2.05, 4.69) is 127 Å². The molecule has 232 valence electrons. The number of aromatic nitrogens is 3. The predicted octanol–water partition coefficient (Wildman–Crippen LogP) is 10.3. The Morgan fingerprint density at radius 1 is 0.800 bits per heavy atom. The van der Waals surface area contributed by atoms with Crippen LogP contribution in [0.3, 0.4) is 0 Å². The van der Waals surface area contributed by atoms with Crippen LogP contribution in [0.15, 0.2) is 72.9 Å². The van der Waals surface area contributed by atoms with Crippen molar-refractivity contribution in [2.24, 2.45) is 5.92 Å². The van der Waals surface area contributed by atoms with Crippen LogP contribution in [-0.4, -0.2) is 19.5 Å². The van der Waals surface area contributed by atoms with Crippen molar-refractivity contribution in [3.8, 4) is 28.3 Å². The van der Waals surface area contributed by atoms with Gasteiger partial charge in [0.15, 0.2) is 0 Å².